The van der Waals surface area contributed by atoms with Gasteiger partial charge >= 0.3 is 0 Å². The molecular weight excluding hydrogens is 236 g/mol. The van der Waals surface area contributed by atoms with Crippen molar-refractivity contribution in [1.29, 1.82) is 0 Å². The fraction of sp³-hybridized carbons (Fsp3) is 0.188. The number of nitrogens with two attached hydrogens (primary N) is 1. The zero-order chi connectivity index (χ0) is 13.2. The second-order valence-corrected chi connectivity index (χ2v) is 4.66. The standard InChI is InChI=1S/C16H16N2O/c17-10-5-11-18-14-8-3-1-6-12(14)16(19)13-7-2-4-9-15(13)18/h1-4,6-9H,5,10-11,17H2. The molecule has 3 nitrogen and oxygen atoms in total. The van der Waals surface area contributed by atoms with E-state index in [1.807, 2.05) is 48.5 Å². The molecule has 3 aromatic rings. The minimum atomic E-state index is 0.107. The Balaban J connectivity index is 2.45. The van der Waals surface area contributed by atoms with Crippen molar-refractivity contribution in [3.8, 4) is 0 Å². The normalized spacial score (nSPS) is 11.2. The summed E-state index contributed by atoms with van der Waals surface area (Å²) in [7, 11) is 0. The molecule has 1 heterocycles. The van der Waals surface area contributed by atoms with E-state index in [0.717, 1.165) is 34.8 Å². The molecule has 0 bridgehead atoms. The average molecular weight is 252 g/mol. The molecule has 0 aliphatic carbocycles. The van der Waals surface area contributed by atoms with Crippen LogP contribution in [0.2, 0.25) is 0 Å². The van der Waals surface area contributed by atoms with Gasteiger partial charge in [-0.15, -0.1) is 0 Å². The average Bonchev–Trinajstić information content (AvgIpc) is 2.47. The van der Waals surface area contributed by atoms with Crippen LogP contribution in [-0.2, 0) is 6.54 Å². The second-order valence-electron chi connectivity index (χ2n) is 4.66. The Labute approximate surface area is 111 Å². The number of para-hydroxylation sites is 2. The van der Waals surface area contributed by atoms with Crippen molar-refractivity contribution in [2.45, 2.75) is 13.0 Å². The van der Waals surface area contributed by atoms with Crippen molar-refractivity contribution in [1.82, 2.24) is 4.57 Å². The van der Waals surface area contributed by atoms with Crippen LogP contribution in [0.15, 0.2) is 53.3 Å². The zero-order valence-electron chi connectivity index (χ0n) is 10.7. The first kappa shape index (κ1) is 11.9. The van der Waals surface area contributed by atoms with E-state index in [9.17, 15) is 4.79 Å². The number of pyridine rings is 1. The van der Waals surface area contributed by atoms with Crippen LogP contribution in [0.1, 0.15) is 6.42 Å². The van der Waals surface area contributed by atoms with Gasteiger partial charge in [0.25, 0.3) is 0 Å². The van der Waals surface area contributed by atoms with Crippen LogP contribution in [0.5, 0.6) is 0 Å². The van der Waals surface area contributed by atoms with Gasteiger partial charge in [0.2, 0.25) is 0 Å². The maximum absolute atomic E-state index is 12.5. The predicted molar refractivity (Wildman–Crippen MR) is 79.4 cm³/mol. The molecule has 2 N–H and O–H groups in total. The van der Waals surface area contributed by atoms with Crippen LogP contribution in [0.4, 0.5) is 0 Å². The lowest BCUT2D eigenvalue weighted by Crippen LogP contribution is -2.13. The fourth-order valence-electron chi connectivity index (χ4n) is 2.57. The van der Waals surface area contributed by atoms with Crippen molar-refractivity contribution in [2.75, 3.05) is 6.54 Å². The van der Waals surface area contributed by atoms with Crippen LogP contribution in [0, 0.1) is 0 Å². The Kier molecular flexibility index (Phi) is 3.05. The summed E-state index contributed by atoms with van der Waals surface area (Å²) in [5.74, 6) is 0. The van der Waals surface area contributed by atoms with Crippen molar-refractivity contribution < 1.29 is 0 Å². The van der Waals surface area contributed by atoms with Crippen molar-refractivity contribution in [3.63, 3.8) is 0 Å². The molecule has 2 aromatic carbocycles. The summed E-state index contributed by atoms with van der Waals surface area (Å²) in [5, 5.41) is 1.55. The number of aromatic nitrogens is 1. The highest BCUT2D eigenvalue weighted by molar-refractivity contribution is 5.93. The van der Waals surface area contributed by atoms with Crippen molar-refractivity contribution in [2.24, 2.45) is 5.73 Å². The molecule has 0 saturated heterocycles. The number of rotatable bonds is 3. The van der Waals surface area contributed by atoms with E-state index in [1.165, 1.54) is 0 Å². The Morgan fingerprint density at radius 1 is 0.895 bits per heavy atom. The largest absolute Gasteiger partial charge is 0.340 e. The highest BCUT2D eigenvalue weighted by Crippen LogP contribution is 2.19. The van der Waals surface area contributed by atoms with Crippen LogP contribution >= 0.6 is 0 Å². The van der Waals surface area contributed by atoms with E-state index >= 15 is 0 Å². The third-order valence-corrected chi connectivity index (χ3v) is 3.46. The smallest absolute Gasteiger partial charge is 0.197 e. The first-order chi connectivity index (χ1) is 9.33. The molecule has 3 rings (SSSR count). The molecule has 96 valence electrons. The zero-order valence-corrected chi connectivity index (χ0v) is 10.7. The van der Waals surface area contributed by atoms with E-state index < -0.39 is 0 Å². The van der Waals surface area contributed by atoms with Gasteiger partial charge in [-0.2, -0.15) is 0 Å². The molecule has 1 aromatic heterocycles. The summed E-state index contributed by atoms with van der Waals surface area (Å²) < 4.78 is 2.19. The summed E-state index contributed by atoms with van der Waals surface area (Å²) in [5.41, 5.74) is 7.70. The summed E-state index contributed by atoms with van der Waals surface area (Å²) >= 11 is 0. The maximum Gasteiger partial charge on any atom is 0.197 e. The monoisotopic (exact) mass is 252 g/mol. The third kappa shape index (κ3) is 1.92. The van der Waals surface area contributed by atoms with Gasteiger partial charge in [-0.1, -0.05) is 24.3 Å². The molecule has 0 saturated carbocycles. The van der Waals surface area contributed by atoms with Gasteiger partial charge in [-0.3, -0.25) is 4.79 Å². The molecule has 0 atom stereocenters. The van der Waals surface area contributed by atoms with E-state index in [2.05, 4.69) is 4.57 Å². The number of benzene rings is 2. The SMILES string of the molecule is NCCCn1c2ccccc2c(=O)c2ccccc21. The van der Waals surface area contributed by atoms with E-state index in [1.54, 1.807) is 0 Å². The lowest BCUT2D eigenvalue weighted by Gasteiger charge is -2.14. The minimum Gasteiger partial charge on any atom is -0.340 e. The summed E-state index contributed by atoms with van der Waals surface area (Å²) in [6, 6.07) is 15.5. The van der Waals surface area contributed by atoms with Gasteiger partial charge in [-0.25, -0.2) is 0 Å². The van der Waals surface area contributed by atoms with E-state index in [-0.39, 0.29) is 5.43 Å². The maximum atomic E-state index is 12.5. The van der Waals surface area contributed by atoms with Gasteiger partial charge in [0.1, 0.15) is 0 Å². The predicted octanol–water partition coefficient (Wildman–Crippen LogP) is 2.50. The number of fused-ring (bicyclic) bond motifs is 2. The second kappa shape index (κ2) is 4.86. The first-order valence-electron chi connectivity index (χ1n) is 6.53. The molecule has 0 spiro atoms. The number of hydrogen-bond acceptors (Lipinski definition) is 2. The quantitative estimate of drug-likeness (QED) is 0.728. The molecule has 19 heavy (non-hydrogen) atoms. The highest BCUT2D eigenvalue weighted by atomic mass is 16.1. The van der Waals surface area contributed by atoms with Gasteiger partial charge in [0.05, 0.1) is 11.0 Å². The van der Waals surface area contributed by atoms with Gasteiger partial charge < -0.3 is 10.3 Å². The Hall–Kier alpha value is -2.13. The molecule has 0 aliphatic rings. The third-order valence-electron chi connectivity index (χ3n) is 3.46. The lowest BCUT2D eigenvalue weighted by molar-refractivity contribution is 0.684. The highest BCUT2D eigenvalue weighted by Gasteiger charge is 2.09. The van der Waals surface area contributed by atoms with E-state index in [0.29, 0.717) is 6.54 Å². The number of hydrogen-bond donors (Lipinski definition) is 1. The Bertz CT molecular complexity index is 729. The fourth-order valence-corrected chi connectivity index (χ4v) is 2.57. The summed E-state index contributed by atoms with van der Waals surface area (Å²) in [6.07, 6.45) is 0.900. The first-order valence-corrected chi connectivity index (χ1v) is 6.53. The van der Waals surface area contributed by atoms with Crippen LogP contribution in [0.25, 0.3) is 21.8 Å². The molecule has 0 fully saturated rings. The van der Waals surface area contributed by atoms with Crippen LogP contribution in [0.3, 0.4) is 0 Å². The Morgan fingerprint density at radius 2 is 1.42 bits per heavy atom. The van der Waals surface area contributed by atoms with Gasteiger partial charge in [0, 0.05) is 17.3 Å². The molecule has 3 heteroatoms. The topological polar surface area (TPSA) is 48.0 Å². The van der Waals surface area contributed by atoms with Crippen LogP contribution in [-0.4, -0.2) is 11.1 Å². The lowest BCUT2D eigenvalue weighted by atomic mass is 10.1. The Morgan fingerprint density at radius 3 is 1.95 bits per heavy atom. The molecule has 0 unspecified atom stereocenters. The molecule has 0 radical (unpaired) electrons. The molecular formula is C16H16N2O. The minimum absolute atomic E-state index is 0.107. The van der Waals surface area contributed by atoms with Crippen molar-refractivity contribution in [3.05, 3.63) is 58.8 Å². The summed E-state index contributed by atoms with van der Waals surface area (Å²) in [6.45, 7) is 1.48. The van der Waals surface area contributed by atoms with Crippen LogP contribution < -0.4 is 11.2 Å². The number of aryl methyl sites for hydroxylation is 1. The van der Waals surface area contributed by atoms with E-state index in [4.69, 9.17) is 5.73 Å². The van der Waals surface area contributed by atoms with Gasteiger partial charge in [-0.05, 0) is 37.2 Å². The van der Waals surface area contributed by atoms with Crippen molar-refractivity contribution >= 4 is 21.8 Å². The van der Waals surface area contributed by atoms with Gasteiger partial charge in [0.15, 0.2) is 5.43 Å². The molecule has 0 amide bonds. The summed E-state index contributed by atoms with van der Waals surface area (Å²) in [4.78, 5) is 12.5. The number of nitrogens with zero attached hydrogens (tertiary/aromatic N) is 1. The molecule has 0 aliphatic heterocycles.